The Labute approximate surface area is 460 Å². The van der Waals surface area contributed by atoms with Gasteiger partial charge in [-0.15, -0.1) is 0 Å². The van der Waals surface area contributed by atoms with Gasteiger partial charge in [0.2, 0.25) is 0 Å². The summed E-state index contributed by atoms with van der Waals surface area (Å²) in [6.07, 6.45) is -10.3. The van der Waals surface area contributed by atoms with Crippen LogP contribution >= 0.6 is 0 Å². The van der Waals surface area contributed by atoms with Gasteiger partial charge in [0.05, 0.1) is 65.3 Å². The Bertz CT molecular complexity index is 2490. The molecule has 1 amide bonds. The van der Waals surface area contributed by atoms with Crippen molar-refractivity contribution in [2.45, 2.75) is 199 Å². The number of likely N-dealkylation sites (N-methyl/N-ethyl adjacent to an activating group) is 1. The molecule has 78 heavy (non-hydrogen) atoms. The highest BCUT2D eigenvalue weighted by Gasteiger charge is 2.55. The van der Waals surface area contributed by atoms with Gasteiger partial charge in [0.15, 0.2) is 30.6 Å². The molecule has 18 atom stereocenters. The van der Waals surface area contributed by atoms with E-state index >= 15 is 0 Å². The number of amides is 1. The molecule has 17 nitrogen and oxygen atoms in total. The van der Waals surface area contributed by atoms with Crippen molar-refractivity contribution in [3.8, 4) is 0 Å². The van der Waals surface area contributed by atoms with Crippen LogP contribution < -0.4 is 0 Å². The lowest BCUT2D eigenvalue weighted by molar-refractivity contribution is -0.328. The monoisotopic (exact) mass is 1090 g/mol. The molecule has 1 N–H and O–H groups in total. The molecule has 4 aliphatic rings. The molecule has 2 bridgehead atoms. The van der Waals surface area contributed by atoms with Crippen LogP contribution in [0, 0.1) is 23.7 Å². The predicted octanol–water partition coefficient (Wildman–Crippen LogP) is 9.62. The summed E-state index contributed by atoms with van der Waals surface area (Å²) in [6.45, 7) is 24.6. The molecule has 3 aromatic rings. The maximum Gasteiger partial charge on any atom is 0.410 e. The standard InChI is InChI=1S/C61H83NO16/c1-15-46-37(4)50-38(5)48(77-59(9,10)78-50)35(2)32-60(11,67)52(39(6)49(40(7)54(63)72-46)73-47-33-61(12,68-14)53(41(8)71-47)75-56(65)44-29-23-18-24-30-44)76-57-51(74-55(64)43-27-21-17-22-28-43)45(31-36(3)70-57)62(13)58(66)69-34-42-25-19-16-20-26-42/h16-30,35-36,38-41,45-53,57,67H,4,15,31-34H2,1-3,5-14H3/t35-,36-,38+,39+,40-,41+,45+,46?,47+,48+,49?,50+,51-,52-,53+,57+,60-,61-/m1/s1. The minimum Gasteiger partial charge on any atom is -0.457 e. The number of fused-ring (bicyclic) bond motifs is 2. The molecule has 428 valence electrons. The summed E-state index contributed by atoms with van der Waals surface area (Å²) in [7, 11) is 3.09. The van der Waals surface area contributed by atoms with Gasteiger partial charge in [-0.3, -0.25) is 4.79 Å². The van der Waals surface area contributed by atoms with Crippen LogP contribution in [0.5, 0.6) is 0 Å². The Morgan fingerprint density at radius 3 is 1.94 bits per heavy atom. The summed E-state index contributed by atoms with van der Waals surface area (Å²) in [5.74, 6) is -5.65. The van der Waals surface area contributed by atoms with Crippen LogP contribution in [-0.4, -0.2) is 139 Å². The molecule has 0 radical (unpaired) electrons. The predicted molar refractivity (Wildman–Crippen MR) is 288 cm³/mol. The van der Waals surface area contributed by atoms with E-state index in [2.05, 4.69) is 6.58 Å². The summed E-state index contributed by atoms with van der Waals surface area (Å²) in [4.78, 5) is 58.1. The average molecular weight is 1090 g/mol. The molecular weight excluding hydrogens is 1000 g/mol. The fraction of sp³-hybridized carbons (Fsp3) is 0.607. The Balaban J connectivity index is 1.30. The normalized spacial score (nSPS) is 36.5. The van der Waals surface area contributed by atoms with Crippen molar-refractivity contribution < 1.29 is 76.4 Å². The third kappa shape index (κ3) is 14.0. The van der Waals surface area contributed by atoms with Crippen molar-refractivity contribution in [1.82, 2.24) is 4.90 Å². The summed E-state index contributed by atoms with van der Waals surface area (Å²) in [5.41, 5.74) is -0.992. The third-order valence-electron chi connectivity index (χ3n) is 16.1. The van der Waals surface area contributed by atoms with Crippen molar-refractivity contribution in [2.24, 2.45) is 23.7 Å². The van der Waals surface area contributed by atoms with E-state index in [1.54, 1.807) is 95.4 Å². The second-order valence-electron chi connectivity index (χ2n) is 22.8. The smallest absolute Gasteiger partial charge is 0.410 e. The van der Waals surface area contributed by atoms with E-state index in [0.717, 1.165) is 5.56 Å². The molecule has 0 aliphatic carbocycles. The van der Waals surface area contributed by atoms with E-state index in [4.69, 9.17) is 52.1 Å². The lowest BCUT2D eigenvalue weighted by Gasteiger charge is -2.51. The van der Waals surface area contributed by atoms with Gasteiger partial charge in [-0.05, 0) is 109 Å². The number of esters is 3. The number of carbonyl (C=O) groups is 4. The number of cyclic esters (lactones) is 1. The maximum absolute atomic E-state index is 15.0. The number of benzene rings is 3. The highest BCUT2D eigenvalue weighted by Crippen LogP contribution is 2.45. The second kappa shape index (κ2) is 25.5. The zero-order valence-electron chi connectivity index (χ0n) is 47.7. The maximum atomic E-state index is 15.0. The van der Waals surface area contributed by atoms with Crippen molar-refractivity contribution in [3.05, 3.63) is 120 Å². The van der Waals surface area contributed by atoms with Crippen LogP contribution in [-0.2, 0) is 63.5 Å². The number of hydrogen-bond donors (Lipinski definition) is 1. The third-order valence-corrected chi connectivity index (χ3v) is 16.1. The topological polar surface area (TPSA) is 193 Å². The zero-order chi connectivity index (χ0) is 56.9. The van der Waals surface area contributed by atoms with Crippen LogP contribution in [0.3, 0.4) is 0 Å². The molecule has 2 unspecified atom stereocenters. The number of aliphatic hydroxyl groups is 1. The first-order chi connectivity index (χ1) is 36.9. The quantitative estimate of drug-likeness (QED) is 0.0965. The van der Waals surface area contributed by atoms with E-state index in [1.165, 1.54) is 12.0 Å². The Morgan fingerprint density at radius 2 is 1.35 bits per heavy atom. The van der Waals surface area contributed by atoms with Crippen molar-refractivity contribution in [1.29, 1.82) is 0 Å². The number of rotatable bonds is 13. The highest BCUT2D eigenvalue weighted by atomic mass is 16.7. The molecule has 4 fully saturated rings. The van der Waals surface area contributed by atoms with Crippen LogP contribution in [0.25, 0.3) is 0 Å². The number of methoxy groups -OCH3 is 1. The Morgan fingerprint density at radius 1 is 0.756 bits per heavy atom. The first kappa shape index (κ1) is 60.4. The highest BCUT2D eigenvalue weighted by molar-refractivity contribution is 5.90. The minimum absolute atomic E-state index is 0.00711. The van der Waals surface area contributed by atoms with Gasteiger partial charge in [-0.2, -0.15) is 0 Å². The number of ether oxygens (including phenoxy) is 11. The molecule has 0 aromatic heterocycles. The summed E-state index contributed by atoms with van der Waals surface area (Å²) in [5, 5.41) is 13.4. The molecule has 3 aromatic carbocycles. The van der Waals surface area contributed by atoms with E-state index < -0.39 is 126 Å². The number of nitrogens with zero attached hydrogens (tertiary/aromatic N) is 1. The molecule has 4 saturated heterocycles. The van der Waals surface area contributed by atoms with E-state index in [-0.39, 0.29) is 43.3 Å². The number of carbonyl (C=O) groups excluding carboxylic acids is 4. The molecule has 4 heterocycles. The minimum atomic E-state index is -1.80. The summed E-state index contributed by atoms with van der Waals surface area (Å²) in [6, 6.07) is 25.5. The lowest BCUT2D eigenvalue weighted by Crippen LogP contribution is -2.62. The largest absolute Gasteiger partial charge is 0.457 e. The van der Waals surface area contributed by atoms with Crippen LogP contribution in [0.4, 0.5) is 4.79 Å². The molecule has 0 spiro atoms. The Kier molecular flexibility index (Phi) is 19.7. The average Bonchev–Trinajstić information content (AvgIpc) is 3.47. The summed E-state index contributed by atoms with van der Waals surface area (Å²) >= 11 is 0. The van der Waals surface area contributed by atoms with Crippen molar-refractivity contribution in [3.63, 3.8) is 0 Å². The van der Waals surface area contributed by atoms with Crippen LogP contribution in [0.15, 0.2) is 103 Å². The van der Waals surface area contributed by atoms with Gasteiger partial charge >= 0.3 is 24.0 Å². The molecule has 4 aliphatic heterocycles. The van der Waals surface area contributed by atoms with Crippen molar-refractivity contribution >= 4 is 24.0 Å². The second-order valence-corrected chi connectivity index (χ2v) is 22.8. The first-order valence-corrected chi connectivity index (χ1v) is 27.5. The molecule has 0 saturated carbocycles. The summed E-state index contributed by atoms with van der Waals surface area (Å²) < 4.78 is 71.7. The molecular formula is C61H83NO16. The van der Waals surface area contributed by atoms with E-state index in [9.17, 15) is 24.3 Å². The van der Waals surface area contributed by atoms with Gasteiger partial charge in [-0.25, -0.2) is 14.4 Å². The van der Waals surface area contributed by atoms with E-state index in [0.29, 0.717) is 17.6 Å². The first-order valence-electron chi connectivity index (χ1n) is 27.5. The SMILES string of the molecule is C=C1C(CC)OC(=O)[C@H](C)C(O[C@H]2C[C@@](C)(OC)[C@@H](OC(=O)c3ccccc3)[C@H](C)O2)[C@H](C)[C@@H](O[C@@H]2O[C@H](C)C[C@H](N(C)C(=O)OCc3ccccc3)[C@H]2OC(=O)c2ccccc2)[C@](C)(O)C[C@@H](C)[C@@H]2OC(C)(C)O[C@@H]1[C@H]2C. The van der Waals surface area contributed by atoms with Gasteiger partial charge in [0, 0.05) is 32.4 Å². The van der Waals surface area contributed by atoms with E-state index in [1.807, 2.05) is 78.8 Å². The fourth-order valence-corrected chi connectivity index (χ4v) is 11.9. The van der Waals surface area contributed by atoms with Gasteiger partial charge in [-0.1, -0.05) is 101 Å². The van der Waals surface area contributed by atoms with Crippen LogP contribution in [0.2, 0.25) is 0 Å². The van der Waals surface area contributed by atoms with Gasteiger partial charge in [0.25, 0.3) is 0 Å². The van der Waals surface area contributed by atoms with Crippen LogP contribution in [0.1, 0.15) is 128 Å². The number of hydrogen-bond acceptors (Lipinski definition) is 16. The molecule has 17 heteroatoms. The molecule has 7 rings (SSSR count). The van der Waals surface area contributed by atoms with Gasteiger partial charge < -0.3 is 62.1 Å². The Hall–Kier alpha value is -5.24. The zero-order valence-corrected chi connectivity index (χ0v) is 47.7. The fourth-order valence-electron chi connectivity index (χ4n) is 11.9. The lowest BCUT2D eigenvalue weighted by atomic mass is 9.74. The van der Waals surface area contributed by atoms with Gasteiger partial charge in [0.1, 0.15) is 18.3 Å². The van der Waals surface area contributed by atoms with Crippen molar-refractivity contribution in [2.75, 3.05) is 14.2 Å².